The quantitative estimate of drug-likeness (QED) is 0.833. The molecule has 1 fully saturated rings. The predicted octanol–water partition coefficient (Wildman–Crippen LogP) is 1.58. The average Bonchev–Trinajstić information content (AvgIpc) is 2.64. The van der Waals surface area contributed by atoms with Crippen LogP contribution in [0.4, 0.5) is 8.78 Å². The second-order valence-electron chi connectivity index (χ2n) is 3.72. The van der Waals surface area contributed by atoms with Gasteiger partial charge in [-0.1, -0.05) is 0 Å². The number of nitrogens with one attached hydrogen (secondary N) is 1. The molecule has 1 N–H and O–H groups in total. The maximum absolute atomic E-state index is 13.4. The van der Waals surface area contributed by atoms with Crippen LogP contribution in [0.1, 0.15) is 17.9 Å². The van der Waals surface area contributed by atoms with E-state index >= 15 is 0 Å². The molecule has 2 rings (SSSR count). The van der Waals surface area contributed by atoms with Crippen LogP contribution in [0.2, 0.25) is 0 Å². The van der Waals surface area contributed by atoms with Crippen LogP contribution in [0, 0.1) is 11.6 Å². The van der Waals surface area contributed by atoms with Gasteiger partial charge in [0.1, 0.15) is 0 Å². The van der Waals surface area contributed by atoms with Gasteiger partial charge in [-0.05, 0) is 17.7 Å². The Morgan fingerprint density at radius 3 is 2.44 bits per heavy atom. The van der Waals surface area contributed by atoms with Crippen LogP contribution in [0.3, 0.4) is 0 Å². The van der Waals surface area contributed by atoms with Crippen LogP contribution in [-0.2, 0) is 4.79 Å². The summed E-state index contributed by atoms with van der Waals surface area (Å²) in [4.78, 5) is 11.0. The fourth-order valence-corrected chi connectivity index (χ4v) is 1.85. The van der Waals surface area contributed by atoms with Gasteiger partial charge in [0.15, 0.2) is 17.4 Å². The van der Waals surface area contributed by atoms with E-state index in [0.717, 1.165) is 0 Å². The number of hydrogen-bond acceptors (Lipinski definition) is 2. The maximum atomic E-state index is 13.4. The minimum atomic E-state index is -0.739. The first kappa shape index (κ1) is 10.9. The van der Waals surface area contributed by atoms with E-state index in [-0.39, 0.29) is 24.0 Å². The molecular formula is C11H11F2NO2. The third-order valence-electron chi connectivity index (χ3n) is 2.67. The number of methoxy groups -OCH3 is 1. The molecular weight excluding hydrogens is 216 g/mol. The molecule has 3 nitrogen and oxygen atoms in total. The number of carbonyl (C=O) groups excluding carboxylic acids is 1. The van der Waals surface area contributed by atoms with Gasteiger partial charge in [0, 0.05) is 18.9 Å². The molecule has 1 amide bonds. The van der Waals surface area contributed by atoms with Gasteiger partial charge in [0.25, 0.3) is 0 Å². The highest BCUT2D eigenvalue weighted by Crippen LogP contribution is 2.29. The first-order chi connectivity index (χ1) is 7.61. The van der Waals surface area contributed by atoms with Crippen LogP contribution in [0.25, 0.3) is 0 Å². The van der Waals surface area contributed by atoms with E-state index in [1.807, 2.05) is 0 Å². The third kappa shape index (κ3) is 1.85. The number of ether oxygens (including phenoxy) is 1. The molecule has 16 heavy (non-hydrogen) atoms. The lowest BCUT2D eigenvalue weighted by atomic mass is 9.98. The van der Waals surface area contributed by atoms with Crippen molar-refractivity contribution in [2.75, 3.05) is 13.7 Å². The molecule has 0 bridgehead atoms. The lowest BCUT2D eigenvalue weighted by molar-refractivity contribution is -0.119. The standard InChI is InChI=1S/C11H11F2NO2/c1-16-11-8(12)2-6(3-9(11)13)7-4-10(15)14-5-7/h2-3,7H,4-5H2,1H3,(H,14,15)/t7-/m0/s1. The van der Waals surface area contributed by atoms with Crippen molar-refractivity contribution in [3.05, 3.63) is 29.3 Å². The summed E-state index contributed by atoms with van der Waals surface area (Å²) in [5.41, 5.74) is 0.481. The van der Waals surface area contributed by atoms with E-state index in [9.17, 15) is 13.6 Å². The monoisotopic (exact) mass is 227 g/mol. The predicted molar refractivity (Wildman–Crippen MR) is 53.3 cm³/mol. The number of amides is 1. The van der Waals surface area contributed by atoms with Gasteiger partial charge in [-0.2, -0.15) is 0 Å². The molecule has 1 aromatic rings. The van der Waals surface area contributed by atoms with Gasteiger partial charge < -0.3 is 10.1 Å². The molecule has 1 aromatic carbocycles. The number of halogens is 2. The number of benzene rings is 1. The molecule has 0 spiro atoms. The van der Waals surface area contributed by atoms with Gasteiger partial charge in [0.05, 0.1) is 7.11 Å². The van der Waals surface area contributed by atoms with E-state index in [4.69, 9.17) is 0 Å². The Bertz CT molecular complexity index is 411. The summed E-state index contributed by atoms with van der Waals surface area (Å²) in [6.45, 7) is 0.421. The molecule has 1 aliphatic rings. The van der Waals surface area contributed by atoms with Crippen molar-refractivity contribution in [1.82, 2.24) is 5.32 Å². The van der Waals surface area contributed by atoms with Crippen molar-refractivity contribution >= 4 is 5.91 Å². The summed E-state index contributed by atoms with van der Waals surface area (Å²) in [5, 5.41) is 2.62. The second-order valence-corrected chi connectivity index (χ2v) is 3.72. The Hall–Kier alpha value is -1.65. The van der Waals surface area contributed by atoms with Crippen LogP contribution in [-0.4, -0.2) is 19.6 Å². The Labute approximate surface area is 91.4 Å². The molecule has 1 atom stereocenters. The van der Waals surface area contributed by atoms with Gasteiger partial charge in [0.2, 0.25) is 5.91 Å². The minimum Gasteiger partial charge on any atom is -0.491 e. The van der Waals surface area contributed by atoms with E-state index in [0.29, 0.717) is 12.1 Å². The van der Waals surface area contributed by atoms with Gasteiger partial charge >= 0.3 is 0 Å². The van der Waals surface area contributed by atoms with Gasteiger partial charge in [-0.25, -0.2) is 8.78 Å². The van der Waals surface area contributed by atoms with Crippen LogP contribution < -0.4 is 10.1 Å². The highest BCUT2D eigenvalue weighted by molar-refractivity contribution is 5.79. The summed E-state index contributed by atoms with van der Waals surface area (Å²) in [6.07, 6.45) is 0.269. The first-order valence-corrected chi connectivity index (χ1v) is 4.91. The van der Waals surface area contributed by atoms with E-state index in [1.165, 1.54) is 19.2 Å². The molecule has 0 aromatic heterocycles. The lowest BCUT2D eigenvalue weighted by Crippen LogP contribution is -2.13. The zero-order valence-electron chi connectivity index (χ0n) is 8.72. The maximum Gasteiger partial charge on any atom is 0.220 e. The van der Waals surface area contributed by atoms with E-state index in [1.54, 1.807) is 0 Å². The van der Waals surface area contributed by atoms with Crippen molar-refractivity contribution in [3.8, 4) is 5.75 Å². The van der Waals surface area contributed by atoms with Crippen LogP contribution in [0.5, 0.6) is 5.75 Å². The van der Waals surface area contributed by atoms with Crippen molar-refractivity contribution in [2.24, 2.45) is 0 Å². The molecule has 1 saturated heterocycles. The Morgan fingerprint density at radius 2 is 2.00 bits per heavy atom. The van der Waals surface area contributed by atoms with Crippen LogP contribution >= 0.6 is 0 Å². The Morgan fingerprint density at radius 1 is 1.38 bits per heavy atom. The third-order valence-corrected chi connectivity index (χ3v) is 2.67. The summed E-state index contributed by atoms with van der Waals surface area (Å²) in [5.74, 6) is -2.13. The number of rotatable bonds is 2. The Kier molecular flexibility index (Phi) is 2.77. The summed E-state index contributed by atoms with van der Waals surface area (Å²) in [6, 6.07) is 2.43. The fourth-order valence-electron chi connectivity index (χ4n) is 1.85. The van der Waals surface area contributed by atoms with Crippen molar-refractivity contribution in [3.63, 3.8) is 0 Å². The molecule has 0 unspecified atom stereocenters. The molecule has 1 heterocycles. The summed E-state index contributed by atoms with van der Waals surface area (Å²) < 4.78 is 31.4. The largest absolute Gasteiger partial charge is 0.491 e. The first-order valence-electron chi connectivity index (χ1n) is 4.91. The van der Waals surface area contributed by atoms with Crippen molar-refractivity contribution < 1.29 is 18.3 Å². The molecule has 86 valence electrons. The van der Waals surface area contributed by atoms with Gasteiger partial charge in [-0.15, -0.1) is 0 Å². The van der Waals surface area contributed by atoms with Gasteiger partial charge in [-0.3, -0.25) is 4.79 Å². The molecule has 0 aliphatic carbocycles. The Balaban J connectivity index is 2.33. The highest BCUT2D eigenvalue weighted by Gasteiger charge is 2.25. The van der Waals surface area contributed by atoms with Crippen LogP contribution in [0.15, 0.2) is 12.1 Å². The highest BCUT2D eigenvalue weighted by atomic mass is 19.1. The number of carbonyl (C=O) groups is 1. The number of hydrogen-bond donors (Lipinski definition) is 1. The molecule has 0 radical (unpaired) electrons. The molecule has 5 heteroatoms. The average molecular weight is 227 g/mol. The van der Waals surface area contributed by atoms with Crippen molar-refractivity contribution in [2.45, 2.75) is 12.3 Å². The summed E-state index contributed by atoms with van der Waals surface area (Å²) in [7, 11) is 1.21. The molecule has 0 saturated carbocycles. The van der Waals surface area contributed by atoms with E-state index in [2.05, 4.69) is 10.1 Å². The smallest absolute Gasteiger partial charge is 0.220 e. The lowest BCUT2D eigenvalue weighted by Gasteiger charge is -2.10. The second kappa shape index (κ2) is 4.08. The SMILES string of the molecule is COc1c(F)cc([C@@H]2CNC(=O)C2)cc1F. The topological polar surface area (TPSA) is 38.3 Å². The van der Waals surface area contributed by atoms with E-state index < -0.39 is 11.6 Å². The zero-order valence-corrected chi connectivity index (χ0v) is 8.72. The minimum absolute atomic E-state index is 0.0957. The zero-order chi connectivity index (χ0) is 11.7. The van der Waals surface area contributed by atoms with Crippen molar-refractivity contribution in [1.29, 1.82) is 0 Å². The fraction of sp³-hybridized carbons (Fsp3) is 0.364. The molecule has 1 aliphatic heterocycles. The summed E-state index contributed by atoms with van der Waals surface area (Å²) >= 11 is 0. The normalized spacial score (nSPS) is 19.7.